The van der Waals surface area contributed by atoms with E-state index in [2.05, 4.69) is 10.0 Å². The Bertz CT molecular complexity index is 1130. The summed E-state index contributed by atoms with van der Waals surface area (Å²) in [5.74, 6) is 0.157. The molecule has 0 fully saturated rings. The number of carbonyl (C=O) groups is 1. The summed E-state index contributed by atoms with van der Waals surface area (Å²) < 4.78 is 33.2. The fourth-order valence-electron chi connectivity index (χ4n) is 2.65. The first-order valence-electron chi connectivity index (χ1n) is 9.15. The smallest absolute Gasteiger partial charge is 0.265 e. The maximum absolute atomic E-state index is 12.6. The predicted molar refractivity (Wildman–Crippen MR) is 119 cm³/mol. The second kappa shape index (κ2) is 9.19. The van der Waals surface area contributed by atoms with E-state index in [0.29, 0.717) is 22.1 Å². The van der Waals surface area contributed by atoms with Crippen molar-refractivity contribution in [3.8, 4) is 5.75 Å². The highest BCUT2D eigenvalue weighted by molar-refractivity contribution is 7.92. The summed E-state index contributed by atoms with van der Waals surface area (Å²) in [6, 6.07) is 19.7. The molecule has 0 saturated heterocycles. The van der Waals surface area contributed by atoms with E-state index in [1.165, 1.54) is 24.3 Å². The first-order valence-corrected chi connectivity index (χ1v) is 11.0. The van der Waals surface area contributed by atoms with Crippen LogP contribution in [0.4, 0.5) is 11.4 Å². The van der Waals surface area contributed by atoms with Crippen molar-refractivity contribution in [3.05, 3.63) is 83.4 Å². The summed E-state index contributed by atoms with van der Waals surface area (Å²) in [4.78, 5) is 12.4. The van der Waals surface area contributed by atoms with Crippen molar-refractivity contribution in [2.45, 2.75) is 24.8 Å². The normalized spacial score (nSPS) is 12.1. The number of hydrogen-bond acceptors (Lipinski definition) is 4. The van der Waals surface area contributed by atoms with Gasteiger partial charge in [0.2, 0.25) is 0 Å². The maximum atomic E-state index is 12.6. The summed E-state index contributed by atoms with van der Waals surface area (Å²) in [7, 11) is -3.73. The Morgan fingerprint density at radius 2 is 1.63 bits per heavy atom. The van der Waals surface area contributed by atoms with Gasteiger partial charge in [0, 0.05) is 16.4 Å². The Kier molecular flexibility index (Phi) is 6.64. The third-order valence-corrected chi connectivity index (χ3v) is 5.85. The molecule has 156 valence electrons. The number of rotatable bonds is 7. The highest BCUT2D eigenvalue weighted by Gasteiger charge is 2.17. The summed E-state index contributed by atoms with van der Waals surface area (Å²) >= 11 is 5.83. The van der Waals surface area contributed by atoms with Crippen molar-refractivity contribution >= 4 is 38.9 Å². The standard InChI is InChI=1S/C22H21ClN2O4S/c1-15-4-3-5-19(14-15)25-30(27,28)21-12-8-18(9-13-21)24-22(26)16(2)29-20-10-6-17(23)7-11-20/h3-14,16,25H,1-2H3,(H,24,26)/t16-/m0/s1. The van der Waals surface area contributed by atoms with Gasteiger partial charge in [-0.1, -0.05) is 23.7 Å². The zero-order valence-electron chi connectivity index (χ0n) is 16.4. The summed E-state index contributed by atoms with van der Waals surface area (Å²) in [5, 5.41) is 3.28. The summed E-state index contributed by atoms with van der Waals surface area (Å²) in [5.41, 5.74) is 1.89. The topological polar surface area (TPSA) is 84.5 Å². The third-order valence-electron chi connectivity index (χ3n) is 4.20. The lowest BCUT2D eigenvalue weighted by Crippen LogP contribution is -2.30. The lowest BCUT2D eigenvalue weighted by Gasteiger charge is -2.15. The van der Waals surface area contributed by atoms with E-state index in [1.54, 1.807) is 49.4 Å². The first-order chi connectivity index (χ1) is 14.2. The van der Waals surface area contributed by atoms with Crippen molar-refractivity contribution < 1.29 is 17.9 Å². The molecule has 0 saturated carbocycles. The van der Waals surface area contributed by atoms with E-state index < -0.39 is 16.1 Å². The van der Waals surface area contributed by atoms with Crippen LogP contribution in [-0.2, 0) is 14.8 Å². The molecule has 0 radical (unpaired) electrons. The highest BCUT2D eigenvalue weighted by Crippen LogP contribution is 2.20. The number of benzene rings is 3. The van der Waals surface area contributed by atoms with Crippen molar-refractivity contribution in [2.75, 3.05) is 10.0 Å². The van der Waals surface area contributed by atoms with Gasteiger partial charge >= 0.3 is 0 Å². The van der Waals surface area contributed by atoms with E-state index in [9.17, 15) is 13.2 Å². The Morgan fingerprint density at radius 1 is 0.967 bits per heavy atom. The molecule has 0 heterocycles. The molecule has 6 nitrogen and oxygen atoms in total. The molecule has 0 aliphatic rings. The lowest BCUT2D eigenvalue weighted by atomic mass is 10.2. The van der Waals surface area contributed by atoms with Gasteiger partial charge < -0.3 is 10.1 Å². The predicted octanol–water partition coefficient (Wildman–Crippen LogP) is 4.86. The third kappa shape index (κ3) is 5.75. The van der Waals surface area contributed by atoms with Gasteiger partial charge in [-0.2, -0.15) is 0 Å². The van der Waals surface area contributed by atoms with Crippen LogP contribution < -0.4 is 14.8 Å². The van der Waals surface area contributed by atoms with Gasteiger partial charge in [0.1, 0.15) is 5.75 Å². The second-order valence-corrected chi connectivity index (χ2v) is 8.82. The highest BCUT2D eigenvalue weighted by atomic mass is 35.5. The average molecular weight is 445 g/mol. The van der Waals surface area contributed by atoms with E-state index >= 15 is 0 Å². The van der Waals surface area contributed by atoms with E-state index in [1.807, 2.05) is 13.0 Å². The summed E-state index contributed by atoms with van der Waals surface area (Å²) in [6.07, 6.45) is -0.752. The number of nitrogens with one attached hydrogen (secondary N) is 2. The molecule has 30 heavy (non-hydrogen) atoms. The number of halogens is 1. The van der Waals surface area contributed by atoms with Crippen molar-refractivity contribution in [3.63, 3.8) is 0 Å². The van der Waals surface area contributed by atoms with Crippen LogP contribution in [0.25, 0.3) is 0 Å². The van der Waals surface area contributed by atoms with Gasteiger partial charge in [-0.25, -0.2) is 8.42 Å². The monoisotopic (exact) mass is 444 g/mol. The first kappa shape index (κ1) is 21.7. The fourth-order valence-corrected chi connectivity index (χ4v) is 3.83. The number of ether oxygens (including phenoxy) is 1. The van der Waals surface area contributed by atoms with Gasteiger partial charge in [-0.15, -0.1) is 0 Å². The van der Waals surface area contributed by atoms with Crippen LogP contribution in [0.5, 0.6) is 5.75 Å². The number of anilines is 2. The minimum atomic E-state index is -3.73. The zero-order chi connectivity index (χ0) is 21.7. The molecule has 0 bridgehead atoms. The van der Waals surface area contributed by atoms with Gasteiger partial charge in [0.05, 0.1) is 4.90 Å². The number of sulfonamides is 1. The van der Waals surface area contributed by atoms with Crippen LogP contribution >= 0.6 is 11.6 Å². The Hall–Kier alpha value is -3.03. The number of hydrogen-bond donors (Lipinski definition) is 2. The van der Waals surface area contributed by atoms with Gasteiger partial charge in [0.15, 0.2) is 6.10 Å². The number of aryl methyl sites for hydroxylation is 1. The Balaban J connectivity index is 1.63. The molecule has 0 aliphatic heterocycles. The zero-order valence-corrected chi connectivity index (χ0v) is 18.0. The second-order valence-electron chi connectivity index (χ2n) is 6.70. The fraction of sp³-hybridized carbons (Fsp3) is 0.136. The Morgan fingerprint density at radius 3 is 2.27 bits per heavy atom. The molecule has 8 heteroatoms. The van der Waals surface area contributed by atoms with Crippen LogP contribution in [0.15, 0.2) is 77.7 Å². The molecular weight excluding hydrogens is 424 g/mol. The van der Waals surface area contributed by atoms with E-state index in [0.717, 1.165) is 5.56 Å². The molecule has 0 unspecified atom stereocenters. The molecule has 3 aromatic rings. The van der Waals surface area contributed by atoms with Crippen LogP contribution in [0.1, 0.15) is 12.5 Å². The van der Waals surface area contributed by atoms with Crippen LogP contribution in [0.3, 0.4) is 0 Å². The molecule has 3 aromatic carbocycles. The molecule has 2 N–H and O–H groups in total. The van der Waals surface area contributed by atoms with Gasteiger partial charge in [-0.3, -0.25) is 9.52 Å². The van der Waals surface area contributed by atoms with E-state index in [4.69, 9.17) is 16.3 Å². The van der Waals surface area contributed by atoms with Crippen molar-refractivity contribution in [1.29, 1.82) is 0 Å². The van der Waals surface area contributed by atoms with Crippen LogP contribution in [-0.4, -0.2) is 20.4 Å². The van der Waals surface area contributed by atoms with Crippen molar-refractivity contribution in [1.82, 2.24) is 0 Å². The molecule has 0 spiro atoms. The largest absolute Gasteiger partial charge is 0.481 e. The van der Waals surface area contributed by atoms with Gasteiger partial charge in [-0.05, 0) is 80.1 Å². The maximum Gasteiger partial charge on any atom is 0.265 e. The minimum absolute atomic E-state index is 0.0902. The average Bonchev–Trinajstić information content (AvgIpc) is 2.70. The van der Waals surface area contributed by atoms with Gasteiger partial charge in [0.25, 0.3) is 15.9 Å². The van der Waals surface area contributed by atoms with Crippen molar-refractivity contribution in [2.24, 2.45) is 0 Å². The molecule has 1 amide bonds. The SMILES string of the molecule is Cc1cccc(NS(=O)(=O)c2ccc(NC(=O)[C@H](C)Oc3ccc(Cl)cc3)cc2)c1. The molecule has 3 rings (SSSR count). The van der Waals surface area contributed by atoms with Crippen LogP contribution in [0.2, 0.25) is 5.02 Å². The minimum Gasteiger partial charge on any atom is -0.481 e. The quantitative estimate of drug-likeness (QED) is 0.545. The molecule has 0 aliphatic carbocycles. The van der Waals surface area contributed by atoms with E-state index in [-0.39, 0.29) is 10.8 Å². The summed E-state index contributed by atoms with van der Waals surface area (Å²) in [6.45, 7) is 3.50. The molecule has 0 aromatic heterocycles. The lowest BCUT2D eigenvalue weighted by molar-refractivity contribution is -0.122. The number of carbonyl (C=O) groups excluding carboxylic acids is 1. The molecular formula is C22H21ClN2O4S. The van der Waals surface area contributed by atoms with Crippen LogP contribution in [0, 0.1) is 6.92 Å². The number of amides is 1. The Labute approximate surface area is 180 Å². The molecule has 1 atom stereocenters.